The molecule has 0 fully saturated rings. The molecule has 0 aliphatic heterocycles. The van der Waals surface area contributed by atoms with Crippen molar-refractivity contribution < 1.29 is 13.9 Å². The Morgan fingerprint density at radius 1 is 1.09 bits per heavy atom. The topological polar surface area (TPSA) is 142 Å². The lowest BCUT2D eigenvalue weighted by molar-refractivity contribution is 0.0566. The Balaban J connectivity index is 2.20. The number of nitrogens with zero attached hydrogens (tertiary/aromatic N) is 2. The Hall–Kier alpha value is -3.29. The van der Waals surface area contributed by atoms with Crippen LogP contribution in [0.1, 0.15) is 10.6 Å². The molecule has 0 saturated heterocycles. The zero-order valence-corrected chi connectivity index (χ0v) is 11.8. The van der Waals surface area contributed by atoms with E-state index < -0.39 is 5.97 Å². The van der Waals surface area contributed by atoms with Crippen molar-refractivity contribution in [2.75, 3.05) is 7.11 Å². The van der Waals surface area contributed by atoms with Crippen molar-refractivity contribution in [3.05, 3.63) is 42.2 Å². The third kappa shape index (κ3) is 3.63. The van der Waals surface area contributed by atoms with Gasteiger partial charge in [-0.1, -0.05) is 0 Å². The number of hydrogen-bond donors (Lipinski definition) is 3. The molecule has 8 heteroatoms. The van der Waals surface area contributed by atoms with Gasteiger partial charge in [0.2, 0.25) is 11.7 Å². The zero-order valence-electron chi connectivity index (χ0n) is 11.8. The summed E-state index contributed by atoms with van der Waals surface area (Å²) < 4.78 is 9.99. The molecule has 0 atom stereocenters. The average Bonchev–Trinajstić information content (AvgIpc) is 2.96. The molecule has 0 aliphatic carbocycles. The van der Waals surface area contributed by atoms with Gasteiger partial charge in [-0.25, -0.2) is 9.79 Å². The number of esters is 1. The van der Waals surface area contributed by atoms with Crippen LogP contribution in [-0.2, 0) is 4.74 Å². The van der Waals surface area contributed by atoms with Crippen molar-refractivity contribution in [3.63, 3.8) is 0 Å². The van der Waals surface area contributed by atoms with E-state index in [9.17, 15) is 4.79 Å². The number of methoxy groups -OCH3 is 1. The first-order valence-electron chi connectivity index (χ1n) is 6.22. The van der Waals surface area contributed by atoms with E-state index in [1.165, 1.54) is 7.11 Å². The van der Waals surface area contributed by atoms with Gasteiger partial charge in [0.25, 0.3) is 0 Å². The maximum atomic E-state index is 11.3. The van der Waals surface area contributed by atoms with Gasteiger partial charge in [0.15, 0.2) is 5.96 Å². The van der Waals surface area contributed by atoms with Crippen LogP contribution in [0.5, 0.6) is 0 Å². The minimum Gasteiger partial charge on any atom is -0.463 e. The van der Waals surface area contributed by atoms with Crippen LogP contribution in [-0.4, -0.2) is 25.0 Å². The van der Waals surface area contributed by atoms with Crippen LogP contribution in [0.25, 0.3) is 11.3 Å². The highest BCUT2D eigenvalue weighted by Gasteiger charge is 2.12. The second-order valence-electron chi connectivity index (χ2n) is 4.21. The highest BCUT2D eigenvalue weighted by molar-refractivity contribution is 5.93. The molecule has 0 unspecified atom stereocenters. The molecule has 6 N–H and O–H groups in total. The number of carbonyl (C=O) groups excluding carboxylic acids is 1. The van der Waals surface area contributed by atoms with Crippen molar-refractivity contribution >= 4 is 23.6 Å². The summed E-state index contributed by atoms with van der Waals surface area (Å²) in [4.78, 5) is 19.0. The summed E-state index contributed by atoms with van der Waals surface area (Å²) in [6.07, 6.45) is 0. The summed E-state index contributed by atoms with van der Waals surface area (Å²) in [5.74, 6) is -0.0651. The predicted molar refractivity (Wildman–Crippen MR) is 82.6 cm³/mol. The van der Waals surface area contributed by atoms with Crippen LogP contribution in [0.15, 0.2) is 50.8 Å². The Morgan fingerprint density at radius 3 is 2.36 bits per heavy atom. The fourth-order valence-electron chi connectivity index (χ4n) is 1.69. The second kappa shape index (κ2) is 6.44. The van der Waals surface area contributed by atoms with Gasteiger partial charge < -0.3 is 26.4 Å². The number of ether oxygens (including phenoxy) is 1. The maximum Gasteiger partial charge on any atom is 0.373 e. The molecule has 2 aromatic rings. The van der Waals surface area contributed by atoms with Crippen molar-refractivity contribution in [1.29, 1.82) is 0 Å². The van der Waals surface area contributed by atoms with Crippen LogP contribution in [0, 0.1) is 0 Å². The first-order chi connectivity index (χ1) is 10.5. The molecule has 0 saturated carbocycles. The molecule has 0 radical (unpaired) electrons. The van der Waals surface area contributed by atoms with Crippen molar-refractivity contribution in [2.45, 2.75) is 0 Å². The van der Waals surface area contributed by atoms with Crippen LogP contribution in [0.3, 0.4) is 0 Å². The fourth-order valence-corrected chi connectivity index (χ4v) is 1.69. The maximum absolute atomic E-state index is 11.3. The highest BCUT2D eigenvalue weighted by atomic mass is 16.5. The molecule has 0 aliphatic rings. The molecule has 0 spiro atoms. The first-order valence-corrected chi connectivity index (χ1v) is 6.22. The summed E-state index contributed by atoms with van der Waals surface area (Å²) in [7, 11) is 1.29. The third-order valence-corrected chi connectivity index (χ3v) is 2.63. The molecule has 0 bridgehead atoms. The number of carbonyl (C=O) groups is 1. The number of nitrogens with two attached hydrogens (primary N) is 3. The van der Waals surface area contributed by atoms with Gasteiger partial charge in [-0.15, -0.1) is 0 Å². The highest BCUT2D eigenvalue weighted by Crippen LogP contribution is 2.25. The number of benzene rings is 1. The smallest absolute Gasteiger partial charge is 0.373 e. The largest absolute Gasteiger partial charge is 0.463 e. The molecule has 2 rings (SSSR count). The Kier molecular flexibility index (Phi) is 4.42. The van der Waals surface area contributed by atoms with E-state index in [1.54, 1.807) is 36.4 Å². The lowest BCUT2D eigenvalue weighted by Crippen LogP contribution is -2.26. The molecule has 22 heavy (non-hydrogen) atoms. The number of hydrogen-bond acceptors (Lipinski definition) is 4. The van der Waals surface area contributed by atoms with Gasteiger partial charge in [-0.3, -0.25) is 0 Å². The molecule has 8 nitrogen and oxygen atoms in total. The lowest BCUT2D eigenvalue weighted by Gasteiger charge is -1.99. The van der Waals surface area contributed by atoms with Crippen LogP contribution in [0.4, 0.5) is 5.69 Å². The lowest BCUT2D eigenvalue weighted by atomic mass is 10.1. The van der Waals surface area contributed by atoms with Crippen molar-refractivity contribution in [2.24, 2.45) is 27.2 Å². The van der Waals surface area contributed by atoms with Gasteiger partial charge in [0.05, 0.1) is 12.8 Å². The van der Waals surface area contributed by atoms with Gasteiger partial charge >= 0.3 is 5.97 Å². The quantitative estimate of drug-likeness (QED) is 0.437. The SMILES string of the molecule is COC(=O)c1ccc(-c2ccc(N=C(N)N=C(N)N)cc2)o1. The molecule has 114 valence electrons. The molecule has 0 amide bonds. The molecular weight excluding hydrogens is 286 g/mol. The van der Waals surface area contributed by atoms with E-state index in [1.807, 2.05) is 0 Å². The number of rotatable bonds is 3. The standard InChI is InChI=1S/C14H15N5O3/c1-21-12(20)11-7-6-10(22-11)8-2-4-9(5-3-8)18-14(17)19-13(15)16/h2-7H,1H3,(H6,15,16,17,18,19). The van der Waals surface area contributed by atoms with Crippen molar-refractivity contribution in [1.82, 2.24) is 0 Å². The van der Waals surface area contributed by atoms with E-state index >= 15 is 0 Å². The Morgan fingerprint density at radius 2 is 1.77 bits per heavy atom. The zero-order chi connectivity index (χ0) is 16.1. The molecule has 1 heterocycles. The molecule has 1 aromatic carbocycles. The second-order valence-corrected chi connectivity index (χ2v) is 4.21. The van der Waals surface area contributed by atoms with E-state index in [4.69, 9.17) is 21.6 Å². The van der Waals surface area contributed by atoms with Gasteiger partial charge in [-0.2, -0.15) is 4.99 Å². The van der Waals surface area contributed by atoms with Gasteiger partial charge in [0.1, 0.15) is 5.76 Å². The summed E-state index contributed by atoms with van der Waals surface area (Å²) >= 11 is 0. The predicted octanol–water partition coefficient (Wildman–Crippen LogP) is 0.953. The average molecular weight is 301 g/mol. The summed E-state index contributed by atoms with van der Waals surface area (Å²) in [5.41, 5.74) is 17.3. The minimum atomic E-state index is -0.530. The van der Waals surface area contributed by atoms with E-state index in [-0.39, 0.29) is 17.7 Å². The molecule has 1 aromatic heterocycles. The Labute approximate surface area is 126 Å². The van der Waals surface area contributed by atoms with Crippen LogP contribution < -0.4 is 17.2 Å². The molecular formula is C14H15N5O3. The summed E-state index contributed by atoms with van der Waals surface area (Å²) in [5, 5.41) is 0. The first kappa shape index (κ1) is 15.1. The normalized spacial score (nSPS) is 11.0. The van der Waals surface area contributed by atoms with Crippen molar-refractivity contribution in [3.8, 4) is 11.3 Å². The number of aliphatic imine (C=N–C) groups is 2. The summed E-state index contributed by atoms with van der Waals surface area (Å²) in [6, 6.07) is 10.2. The van der Waals surface area contributed by atoms with E-state index in [0.717, 1.165) is 5.56 Å². The summed E-state index contributed by atoms with van der Waals surface area (Å²) in [6.45, 7) is 0. The monoisotopic (exact) mass is 301 g/mol. The van der Waals surface area contributed by atoms with E-state index in [2.05, 4.69) is 14.7 Å². The third-order valence-electron chi connectivity index (χ3n) is 2.63. The van der Waals surface area contributed by atoms with E-state index in [0.29, 0.717) is 11.4 Å². The number of guanidine groups is 2. The fraction of sp³-hybridized carbons (Fsp3) is 0.0714. The number of furan rings is 1. The van der Waals surface area contributed by atoms with Gasteiger partial charge in [0, 0.05) is 5.56 Å². The Bertz CT molecular complexity index is 727. The van der Waals surface area contributed by atoms with Crippen LogP contribution >= 0.6 is 0 Å². The minimum absolute atomic E-state index is 0.0428. The van der Waals surface area contributed by atoms with Crippen LogP contribution in [0.2, 0.25) is 0 Å². The van der Waals surface area contributed by atoms with Gasteiger partial charge in [-0.05, 0) is 36.4 Å².